The summed E-state index contributed by atoms with van der Waals surface area (Å²) < 4.78 is 0. The predicted octanol–water partition coefficient (Wildman–Crippen LogP) is 7.87. The molecule has 0 spiro atoms. The molecule has 0 saturated heterocycles. The Morgan fingerprint density at radius 3 is 2.65 bits per heavy atom. The largest absolute Gasteiger partial charge is 0.359 e. The van der Waals surface area contributed by atoms with Crippen molar-refractivity contribution < 1.29 is 0 Å². The number of aromatic nitrogens is 4. The van der Waals surface area contributed by atoms with Crippen LogP contribution in [0.4, 0.5) is 0 Å². The normalized spacial score (nSPS) is 12.6. The number of nitrogens with zero attached hydrogens (tertiary/aromatic N) is 2. The molecule has 3 N–H and O–H groups in total. The van der Waals surface area contributed by atoms with Gasteiger partial charge in [0.1, 0.15) is 5.69 Å². The number of nitrogens with one attached hydrogen (secondary N) is 3. The Labute approximate surface area is 218 Å². The van der Waals surface area contributed by atoms with Crippen molar-refractivity contribution in [2.45, 2.75) is 27.2 Å². The third-order valence-electron chi connectivity index (χ3n) is 6.27. The van der Waals surface area contributed by atoms with Crippen LogP contribution in [0.3, 0.4) is 0 Å². The van der Waals surface area contributed by atoms with Crippen molar-refractivity contribution in [1.29, 1.82) is 0 Å². The fourth-order valence-corrected chi connectivity index (χ4v) is 4.26. The molecule has 37 heavy (non-hydrogen) atoms. The van der Waals surface area contributed by atoms with Crippen molar-refractivity contribution in [2.24, 2.45) is 0 Å². The van der Waals surface area contributed by atoms with E-state index in [-0.39, 0.29) is 0 Å². The van der Waals surface area contributed by atoms with E-state index in [1.165, 1.54) is 0 Å². The summed E-state index contributed by atoms with van der Waals surface area (Å²) in [6, 6.07) is 14.4. The minimum absolute atomic E-state index is 0.849. The number of aromatic amines is 2. The van der Waals surface area contributed by atoms with Crippen LogP contribution in [0.1, 0.15) is 42.8 Å². The molecule has 0 aliphatic carbocycles. The van der Waals surface area contributed by atoms with Crippen LogP contribution >= 0.6 is 0 Å². The first-order valence-electron chi connectivity index (χ1n) is 12.4. The van der Waals surface area contributed by atoms with E-state index in [1.807, 2.05) is 37.3 Å². The lowest BCUT2D eigenvalue weighted by Crippen LogP contribution is -2.09. The molecule has 0 amide bonds. The van der Waals surface area contributed by atoms with Crippen molar-refractivity contribution in [3.05, 3.63) is 133 Å². The number of H-pyrrole nitrogens is 2. The summed E-state index contributed by atoms with van der Waals surface area (Å²) in [6.45, 7) is 18.1. The van der Waals surface area contributed by atoms with Gasteiger partial charge in [0.05, 0.1) is 16.9 Å². The standard InChI is InChI=1S/C32H33N5/c1-7-13-26(29-14-11-12-17-33-29)27-20-31(35-22(27)6)32-28-19-24(15-16-30(28)36-37-32)23(9-3)18-25(10-4)34-21(5)8-2/h7,9-20,34-35H,1,4-5,8H2,2-3,6H3,(H,36,37)/b23-9+,25-18+,26-13+. The van der Waals surface area contributed by atoms with Gasteiger partial charge >= 0.3 is 0 Å². The van der Waals surface area contributed by atoms with Gasteiger partial charge in [0.15, 0.2) is 0 Å². The highest BCUT2D eigenvalue weighted by Gasteiger charge is 2.17. The summed E-state index contributed by atoms with van der Waals surface area (Å²) in [4.78, 5) is 8.09. The Morgan fingerprint density at radius 2 is 1.97 bits per heavy atom. The number of pyridine rings is 1. The van der Waals surface area contributed by atoms with Crippen LogP contribution in [0.2, 0.25) is 0 Å². The van der Waals surface area contributed by atoms with Crippen LogP contribution in [0.15, 0.2) is 110 Å². The van der Waals surface area contributed by atoms with Crippen LogP contribution in [-0.2, 0) is 0 Å². The quantitative estimate of drug-likeness (QED) is 0.199. The van der Waals surface area contributed by atoms with Crippen LogP contribution in [0, 0.1) is 6.92 Å². The van der Waals surface area contributed by atoms with Gasteiger partial charge in [-0.3, -0.25) is 10.1 Å². The van der Waals surface area contributed by atoms with E-state index >= 15 is 0 Å². The molecule has 0 radical (unpaired) electrons. The van der Waals surface area contributed by atoms with Gasteiger partial charge in [0, 0.05) is 39.8 Å². The second-order valence-corrected chi connectivity index (χ2v) is 8.72. The zero-order valence-electron chi connectivity index (χ0n) is 21.7. The number of allylic oxidation sites excluding steroid dienone is 7. The maximum absolute atomic E-state index is 4.67. The minimum atomic E-state index is 0.849. The molecule has 0 unspecified atom stereocenters. The van der Waals surface area contributed by atoms with E-state index in [2.05, 4.69) is 95.5 Å². The van der Waals surface area contributed by atoms with Crippen molar-refractivity contribution >= 4 is 22.0 Å². The van der Waals surface area contributed by atoms with Gasteiger partial charge in [0.25, 0.3) is 0 Å². The molecule has 4 aromatic rings. The average molecular weight is 488 g/mol. The van der Waals surface area contributed by atoms with E-state index in [9.17, 15) is 0 Å². The highest BCUT2D eigenvalue weighted by molar-refractivity contribution is 5.96. The molecular formula is C32H33N5. The maximum atomic E-state index is 4.67. The summed E-state index contributed by atoms with van der Waals surface area (Å²) in [5.41, 5.74) is 10.8. The number of fused-ring (bicyclic) bond motifs is 1. The summed E-state index contributed by atoms with van der Waals surface area (Å²) >= 11 is 0. The van der Waals surface area contributed by atoms with Gasteiger partial charge in [-0.2, -0.15) is 5.10 Å². The summed E-state index contributed by atoms with van der Waals surface area (Å²) in [6.07, 6.45) is 12.4. The van der Waals surface area contributed by atoms with Gasteiger partial charge in [-0.05, 0) is 73.9 Å². The first-order chi connectivity index (χ1) is 18.0. The molecule has 1 aromatic carbocycles. The van der Waals surface area contributed by atoms with Gasteiger partial charge < -0.3 is 10.3 Å². The summed E-state index contributed by atoms with van der Waals surface area (Å²) in [5.74, 6) is 0. The number of hydrogen-bond donors (Lipinski definition) is 3. The molecule has 5 heteroatoms. The Bertz CT molecular complexity index is 1540. The van der Waals surface area contributed by atoms with E-state index in [0.717, 1.165) is 73.8 Å². The molecular weight excluding hydrogens is 454 g/mol. The number of hydrogen-bond acceptors (Lipinski definition) is 3. The highest BCUT2D eigenvalue weighted by atomic mass is 15.1. The fraction of sp³-hybridized carbons (Fsp3) is 0.125. The third kappa shape index (κ3) is 5.46. The third-order valence-corrected chi connectivity index (χ3v) is 6.27. The van der Waals surface area contributed by atoms with E-state index in [0.29, 0.717) is 0 Å². The SMILES string of the molecule is C=C/C=C(/c1ccccn1)c1cc(-c2n[nH]c3ccc(C(/C=C(\C=C)NC(=C)CC)=C/C)cc23)[nH]c1C. The van der Waals surface area contributed by atoms with Crippen LogP contribution in [0.5, 0.6) is 0 Å². The van der Waals surface area contributed by atoms with Crippen LogP contribution in [-0.4, -0.2) is 20.2 Å². The number of rotatable bonds is 10. The molecule has 4 rings (SSSR count). The molecule has 0 atom stereocenters. The van der Waals surface area contributed by atoms with Gasteiger partial charge in [-0.1, -0.05) is 57.0 Å². The number of benzene rings is 1. The molecule has 186 valence electrons. The zero-order valence-corrected chi connectivity index (χ0v) is 21.7. The van der Waals surface area contributed by atoms with E-state index in [4.69, 9.17) is 0 Å². The van der Waals surface area contributed by atoms with Gasteiger partial charge in [-0.25, -0.2) is 0 Å². The lowest BCUT2D eigenvalue weighted by atomic mass is 10.00. The summed E-state index contributed by atoms with van der Waals surface area (Å²) in [7, 11) is 0. The average Bonchev–Trinajstić information content (AvgIpc) is 3.52. The maximum Gasteiger partial charge on any atom is 0.116 e. The Hall–Kier alpha value is -4.64. The topological polar surface area (TPSA) is 69.4 Å². The number of aryl methyl sites for hydroxylation is 1. The molecule has 5 nitrogen and oxygen atoms in total. The first kappa shape index (κ1) is 25.5. The molecule has 0 saturated carbocycles. The van der Waals surface area contributed by atoms with Crippen molar-refractivity contribution in [1.82, 2.24) is 25.5 Å². The summed E-state index contributed by atoms with van der Waals surface area (Å²) in [5, 5.41) is 12.2. The Morgan fingerprint density at radius 1 is 1.14 bits per heavy atom. The van der Waals surface area contributed by atoms with E-state index < -0.39 is 0 Å². The predicted molar refractivity (Wildman–Crippen MR) is 157 cm³/mol. The lowest BCUT2D eigenvalue weighted by molar-refractivity contribution is 0.921. The van der Waals surface area contributed by atoms with Gasteiger partial charge in [0.2, 0.25) is 0 Å². The molecule has 3 heterocycles. The smallest absolute Gasteiger partial charge is 0.116 e. The van der Waals surface area contributed by atoms with Crippen molar-refractivity contribution in [3.8, 4) is 11.4 Å². The van der Waals surface area contributed by atoms with Crippen LogP contribution < -0.4 is 5.32 Å². The molecule has 0 aliphatic rings. The second-order valence-electron chi connectivity index (χ2n) is 8.72. The first-order valence-corrected chi connectivity index (χ1v) is 12.4. The van der Waals surface area contributed by atoms with Crippen molar-refractivity contribution in [2.75, 3.05) is 0 Å². The minimum Gasteiger partial charge on any atom is -0.359 e. The fourth-order valence-electron chi connectivity index (χ4n) is 4.26. The molecule has 0 bridgehead atoms. The lowest BCUT2D eigenvalue weighted by Gasteiger charge is -2.10. The Kier molecular flexibility index (Phi) is 7.84. The van der Waals surface area contributed by atoms with Gasteiger partial charge in [-0.15, -0.1) is 0 Å². The molecule has 0 aliphatic heterocycles. The molecule has 3 aromatic heterocycles. The second kappa shape index (κ2) is 11.4. The van der Waals surface area contributed by atoms with E-state index in [1.54, 1.807) is 12.3 Å². The Balaban J connectivity index is 1.76. The zero-order chi connectivity index (χ0) is 26.4. The highest BCUT2D eigenvalue weighted by Crippen LogP contribution is 2.33. The molecule has 0 fully saturated rings. The van der Waals surface area contributed by atoms with Crippen molar-refractivity contribution in [3.63, 3.8) is 0 Å². The monoisotopic (exact) mass is 487 g/mol. The van der Waals surface area contributed by atoms with Crippen LogP contribution in [0.25, 0.3) is 33.4 Å².